The minimum Gasteiger partial charge on any atom is -0.504 e. The molecule has 2 heterocycles. The Morgan fingerprint density at radius 3 is 2.60 bits per heavy atom. The molecule has 2 aromatic carbocycles. The molecule has 184 valence electrons. The molecule has 2 aromatic rings. The Morgan fingerprint density at radius 2 is 1.89 bits per heavy atom. The molecule has 1 saturated carbocycles. The van der Waals surface area contributed by atoms with Crippen LogP contribution in [0.1, 0.15) is 37.8 Å². The number of phenolic OH excluding ortho intramolecular Hbond substituents is 1. The smallest absolute Gasteiger partial charge is 0.416 e. The molecule has 1 fully saturated rings. The van der Waals surface area contributed by atoms with Crippen LogP contribution < -0.4 is 20.1 Å². The molecule has 1 aliphatic carbocycles. The van der Waals surface area contributed by atoms with Gasteiger partial charge in [0, 0.05) is 11.5 Å². The summed E-state index contributed by atoms with van der Waals surface area (Å²) in [5.74, 6) is -4.68. The molecule has 0 spiro atoms. The number of phenols is 1. The molecule has 0 bridgehead atoms. The van der Waals surface area contributed by atoms with Gasteiger partial charge in [0.1, 0.15) is 12.2 Å². The molecule has 5 atom stereocenters. The van der Waals surface area contributed by atoms with E-state index in [1.807, 2.05) is 0 Å². The summed E-state index contributed by atoms with van der Waals surface area (Å²) < 4.78 is 49.7. The molecule has 2 amide bonds. The van der Waals surface area contributed by atoms with Crippen molar-refractivity contribution >= 4 is 17.6 Å². The molecule has 0 aromatic heterocycles. The summed E-state index contributed by atoms with van der Waals surface area (Å²) in [5.41, 5.74) is -1.72. The number of aliphatic hydroxyl groups is 2. The zero-order valence-corrected chi connectivity index (χ0v) is 17.5. The van der Waals surface area contributed by atoms with Gasteiger partial charge in [-0.25, -0.2) is 0 Å². The number of ether oxygens (including phenoxy) is 2. The summed E-state index contributed by atoms with van der Waals surface area (Å²) in [6, 6.07) is 2.00. The minimum absolute atomic E-state index is 0.0224. The standard InChI is InChI=1S/C22H17F3N2O8/c23-22(24,25)8-3-1-2-7(4-8)20(32)26-13-11-9-5-10-19(35-6-34-10)15(28)12(9)21(33)27-14(11)17(30)18(31)16(13)29/h1-5,11,13-14,16,18,28-29,31H,6H2,(H,26,32)(H,27,33)/t11-,13+,14+,16-,18+/m0/s1. The molecule has 5 rings (SSSR count). The van der Waals surface area contributed by atoms with Crippen LogP contribution in [-0.2, 0) is 11.0 Å². The molecule has 0 unspecified atom stereocenters. The zero-order valence-electron chi connectivity index (χ0n) is 17.5. The first-order valence-electron chi connectivity index (χ1n) is 10.3. The number of aromatic hydroxyl groups is 1. The maximum Gasteiger partial charge on any atom is 0.416 e. The van der Waals surface area contributed by atoms with Gasteiger partial charge in [-0.2, -0.15) is 13.2 Å². The molecule has 0 saturated heterocycles. The normalized spacial score (nSPS) is 27.1. The number of ketones is 1. The van der Waals surface area contributed by atoms with Crippen molar-refractivity contribution in [1.82, 2.24) is 10.6 Å². The van der Waals surface area contributed by atoms with Crippen LogP contribution in [0.25, 0.3) is 0 Å². The highest BCUT2D eigenvalue weighted by Crippen LogP contribution is 2.49. The number of hydrogen-bond donors (Lipinski definition) is 5. The topological polar surface area (TPSA) is 154 Å². The number of hydrogen-bond acceptors (Lipinski definition) is 8. The molecular weight excluding hydrogens is 477 g/mol. The van der Waals surface area contributed by atoms with E-state index in [-0.39, 0.29) is 35.0 Å². The van der Waals surface area contributed by atoms with Crippen molar-refractivity contribution in [3.8, 4) is 17.2 Å². The first-order chi connectivity index (χ1) is 16.5. The number of Topliss-reactive ketones (excluding diaryl/α,β-unsaturated/α-hetero) is 1. The Labute approximate surface area is 194 Å². The van der Waals surface area contributed by atoms with Crippen LogP contribution in [0.5, 0.6) is 17.2 Å². The van der Waals surface area contributed by atoms with E-state index >= 15 is 0 Å². The molecule has 5 N–H and O–H groups in total. The number of aliphatic hydroxyl groups excluding tert-OH is 2. The van der Waals surface area contributed by atoms with Gasteiger partial charge >= 0.3 is 6.18 Å². The van der Waals surface area contributed by atoms with Crippen molar-refractivity contribution in [3.05, 3.63) is 52.6 Å². The Bertz CT molecular complexity index is 1260. The molecule has 13 heteroatoms. The predicted molar refractivity (Wildman–Crippen MR) is 108 cm³/mol. The van der Waals surface area contributed by atoms with Gasteiger partial charge < -0.3 is 35.4 Å². The summed E-state index contributed by atoms with van der Waals surface area (Å²) >= 11 is 0. The van der Waals surface area contributed by atoms with Crippen LogP contribution in [0, 0.1) is 0 Å². The Balaban J connectivity index is 1.57. The molecule has 2 aliphatic heterocycles. The maximum absolute atomic E-state index is 13.1. The van der Waals surface area contributed by atoms with E-state index in [9.17, 15) is 42.9 Å². The first-order valence-corrected chi connectivity index (χ1v) is 10.3. The summed E-state index contributed by atoms with van der Waals surface area (Å²) in [7, 11) is 0. The van der Waals surface area contributed by atoms with Crippen molar-refractivity contribution in [2.45, 2.75) is 36.4 Å². The number of benzene rings is 2. The third kappa shape index (κ3) is 3.54. The Kier molecular flexibility index (Phi) is 5.14. The number of amides is 2. The Hall–Kier alpha value is -3.84. The van der Waals surface area contributed by atoms with E-state index in [0.717, 1.165) is 18.2 Å². The first kappa shape index (κ1) is 22.9. The average molecular weight is 494 g/mol. The van der Waals surface area contributed by atoms with Gasteiger partial charge in [0.2, 0.25) is 12.5 Å². The van der Waals surface area contributed by atoms with E-state index in [1.54, 1.807) is 0 Å². The van der Waals surface area contributed by atoms with Crippen LogP contribution in [0.4, 0.5) is 13.2 Å². The number of carbonyl (C=O) groups is 3. The van der Waals surface area contributed by atoms with Gasteiger partial charge in [0.25, 0.3) is 11.8 Å². The lowest BCUT2D eigenvalue weighted by Gasteiger charge is -2.45. The summed E-state index contributed by atoms with van der Waals surface area (Å²) in [4.78, 5) is 38.3. The number of carbonyl (C=O) groups excluding carboxylic acids is 3. The largest absolute Gasteiger partial charge is 0.504 e. The predicted octanol–water partition coefficient (Wildman–Crippen LogP) is 0.438. The van der Waals surface area contributed by atoms with Crippen molar-refractivity contribution in [3.63, 3.8) is 0 Å². The van der Waals surface area contributed by atoms with E-state index in [4.69, 9.17) is 9.47 Å². The van der Waals surface area contributed by atoms with Gasteiger partial charge in [-0.05, 0) is 29.8 Å². The molecular formula is C22H17F3N2O8. The van der Waals surface area contributed by atoms with Crippen molar-refractivity contribution in [1.29, 1.82) is 0 Å². The van der Waals surface area contributed by atoms with Gasteiger partial charge in [-0.15, -0.1) is 0 Å². The lowest BCUT2D eigenvalue weighted by atomic mass is 9.69. The maximum atomic E-state index is 13.1. The quantitative estimate of drug-likeness (QED) is 0.403. The van der Waals surface area contributed by atoms with Crippen LogP contribution >= 0.6 is 0 Å². The fourth-order valence-electron chi connectivity index (χ4n) is 4.69. The van der Waals surface area contributed by atoms with Crippen LogP contribution in [0.2, 0.25) is 0 Å². The average Bonchev–Trinajstić information content (AvgIpc) is 3.29. The molecule has 10 nitrogen and oxygen atoms in total. The number of halogens is 3. The summed E-state index contributed by atoms with van der Waals surface area (Å²) in [6.45, 7) is -0.252. The van der Waals surface area contributed by atoms with Gasteiger partial charge in [0.05, 0.1) is 23.2 Å². The van der Waals surface area contributed by atoms with Gasteiger partial charge in [0.15, 0.2) is 17.3 Å². The number of alkyl halides is 3. The lowest BCUT2D eigenvalue weighted by Crippen LogP contribution is -2.68. The second-order valence-electron chi connectivity index (χ2n) is 8.32. The van der Waals surface area contributed by atoms with E-state index in [2.05, 4.69) is 10.6 Å². The van der Waals surface area contributed by atoms with Gasteiger partial charge in [-0.3, -0.25) is 14.4 Å². The number of fused-ring (bicyclic) bond motifs is 4. The van der Waals surface area contributed by atoms with E-state index in [0.29, 0.717) is 6.07 Å². The second-order valence-corrected chi connectivity index (χ2v) is 8.32. The minimum atomic E-state index is -4.71. The van der Waals surface area contributed by atoms with Crippen LogP contribution in [0.3, 0.4) is 0 Å². The van der Waals surface area contributed by atoms with Crippen molar-refractivity contribution in [2.24, 2.45) is 0 Å². The third-order valence-corrected chi connectivity index (χ3v) is 6.33. The second kappa shape index (κ2) is 7.85. The van der Waals surface area contributed by atoms with Crippen molar-refractivity contribution in [2.75, 3.05) is 6.79 Å². The zero-order chi connectivity index (χ0) is 25.2. The van der Waals surface area contributed by atoms with Crippen LogP contribution in [-0.4, -0.2) is 64.0 Å². The fraction of sp³-hybridized carbons (Fsp3) is 0.318. The molecule has 35 heavy (non-hydrogen) atoms. The SMILES string of the molecule is O=C(N[C@H]1[C@H](O)[C@@H](O)C(=O)[C@@H]2NC(=O)c3c(cc4c(c3O)OCO4)[C@@H]12)c1cccc(C(F)(F)F)c1. The highest BCUT2D eigenvalue weighted by molar-refractivity contribution is 6.06. The van der Waals surface area contributed by atoms with E-state index in [1.165, 1.54) is 6.07 Å². The van der Waals surface area contributed by atoms with Crippen molar-refractivity contribution < 1.29 is 52.3 Å². The lowest BCUT2D eigenvalue weighted by molar-refractivity contribution is -0.143. The molecule has 3 aliphatic rings. The fourth-order valence-corrected chi connectivity index (χ4v) is 4.69. The number of rotatable bonds is 2. The summed E-state index contributed by atoms with van der Waals surface area (Å²) in [6.07, 6.45) is -8.59. The van der Waals surface area contributed by atoms with Gasteiger partial charge in [-0.1, -0.05) is 6.07 Å². The third-order valence-electron chi connectivity index (χ3n) is 6.33. The Morgan fingerprint density at radius 1 is 1.14 bits per heavy atom. The summed E-state index contributed by atoms with van der Waals surface area (Å²) in [5, 5.41) is 36.3. The van der Waals surface area contributed by atoms with E-state index < -0.39 is 65.3 Å². The monoisotopic (exact) mass is 494 g/mol. The molecule has 0 radical (unpaired) electrons. The highest BCUT2D eigenvalue weighted by Gasteiger charge is 2.54. The number of nitrogens with one attached hydrogen (secondary N) is 2. The highest BCUT2D eigenvalue weighted by atomic mass is 19.4. The van der Waals surface area contributed by atoms with Crippen LogP contribution in [0.15, 0.2) is 30.3 Å².